The number of rotatable bonds is 2. The van der Waals surface area contributed by atoms with Gasteiger partial charge >= 0.3 is 0 Å². The Morgan fingerprint density at radius 1 is 1.33 bits per heavy atom. The van der Waals surface area contributed by atoms with Gasteiger partial charge in [0, 0.05) is 30.0 Å². The van der Waals surface area contributed by atoms with Crippen molar-refractivity contribution in [2.24, 2.45) is 0 Å². The molecule has 0 aliphatic carbocycles. The smallest absolute Gasteiger partial charge is 0.205 e. The summed E-state index contributed by atoms with van der Waals surface area (Å²) >= 11 is 0. The number of anilines is 3. The van der Waals surface area contributed by atoms with Crippen LogP contribution >= 0.6 is 0 Å². The second-order valence-corrected chi connectivity index (χ2v) is 6.36. The summed E-state index contributed by atoms with van der Waals surface area (Å²) in [6.07, 6.45) is 2.19. The number of fused-ring (bicyclic) bond motifs is 3. The van der Waals surface area contributed by atoms with E-state index in [0.29, 0.717) is 17.6 Å². The van der Waals surface area contributed by atoms with Gasteiger partial charge in [-0.05, 0) is 50.1 Å². The Balaban J connectivity index is 1.72. The third kappa shape index (κ3) is 2.37. The van der Waals surface area contributed by atoms with Crippen LogP contribution in [0.4, 0.5) is 17.3 Å². The molecule has 1 aromatic heterocycles. The molecule has 0 saturated carbocycles. The summed E-state index contributed by atoms with van der Waals surface area (Å²) in [5.41, 5.74) is 6.13. The summed E-state index contributed by atoms with van der Waals surface area (Å²) in [4.78, 5) is 10.4. The summed E-state index contributed by atoms with van der Waals surface area (Å²) in [5, 5.41) is 12.3. The Kier molecular flexibility index (Phi) is 3.39. The molecule has 0 bridgehead atoms. The molecule has 2 aromatic carbocycles. The number of nitrogens with one attached hydrogen (secondary N) is 2. The van der Waals surface area contributed by atoms with Gasteiger partial charge < -0.3 is 15.2 Å². The van der Waals surface area contributed by atoms with Crippen LogP contribution in [0.1, 0.15) is 24.5 Å². The minimum Gasteiger partial charge on any atom is -0.372 e. The van der Waals surface area contributed by atoms with E-state index < -0.39 is 0 Å². The zero-order valence-corrected chi connectivity index (χ0v) is 13.8. The maximum absolute atomic E-state index is 9.02. The first-order chi connectivity index (χ1) is 11.7. The predicted molar refractivity (Wildman–Crippen MR) is 96.7 cm³/mol. The number of nitriles is 1. The molecule has 0 amide bonds. The van der Waals surface area contributed by atoms with Gasteiger partial charge in [0.15, 0.2) is 0 Å². The van der Waals surface area contributed by atoms with Crippen molar-refractivity contribution in [3.63, 3.8) is 0 Å². The average Bonchev–Trinajstić information content (AvgIpc) is 3.01. The van der Waals surface area contributed by atoms with Gasteiger partial charge in [-0.1, -0.05) is 6.07 Å². The van der Waals surface area contributed by atoms with Gasteiger partial charge in [0.2, 0.25) is 5.95 Å². The van der Waals surface area contributed by atoms with E-state index in [0.717, 1.165) is 29.6 Å². The van der Waals surface area contributed by atoms with Crippen LogP contribution in [0.2, 0.25) is 0 Å². The number of aryl methyl sites for hydroxylation is 1. The lowest BCUT2D eigenvalue weighted by atomic mass is 9.96. The Hall–Kier alpha value is -3.00. The Morgan fingerprint density at radius 2 is 2.21 bits per heavy atom. The van der Waals surface area contributed by atoms with E-state index in [1.54, 1.807) is 6.07 Å². The predicted octanol–water partition coefficient (Wildman–Crippen LogP) is 3.95. The van der Waals surface area contributed by atoms with Crippen molar-refractivity contribution in [1.82, 2.24) is 9.97 Å². The van der Waals surface area contributed by atoms with E-state index >= 15 is 0 Å². The minimum absolute atomic E-state index is 0.556. The maximum atomic E-state index is 9.02. The van der Waals surface area contributed by atoms with Crippen molar-refractivity contribution < 1.29 is 0 Å². The van der Waals surface area contributed by atoms with E-state index in [9.17, 15) is 0 Å². The molecule has 2 N–H and O–H groups in total. The number of aromatic nitrogens is 2. The normalized spacial score (nSPS) is 16.7. The lowest BCUT2D eigenvalue weighted by Crippen LogP contribution is -2.33. The first-order valence-electron chi connectivity index (χ1n) is 8.17. The van der Waals surface area contributed by atoms with Crippen molar-refractivity contribution in [1.29, 1.82) is 5.26 Å². The van der Waals surface area contributed by atoms with Crippen molar-refractivity contribution in [3.05, 3.63) is 47.5 Å². The summed E-state index contributed by atoms with van der Waals surface area (Å²) in [7, 11) is 2.15. The number of H-pyrrole nitrogens is 1. The molecule has 1 unspecified atom stereocenters. The Morgan fingerprint density at radius 3 is 3.04 bits per heavy atom. The number of nitrogens with zero attached hydrogens (tertiary/aromatic N) is 3. The molecule has 5 heteroatoms. The van der Waals surface area contributed by atoms with Crippen LogP contribution in [-0.4, -0.2) is 23.1 Å². The summed E-state index contributed by atoms with van der Waals surface area (Å²) < 4.78 is 0. The Labute approximate surface area is 140 Å². The fourth-order valence-electron chi connectivity index (χ4n) is 3.35. The van der Waals surface area contributed by atoms with Crippen LogP contribution in [0.3, 0.4) is 0 Å². The van der Waals surface area contributed by atoms with Crippen LogP contribution in [0.5, 0.6) is 0 Å². The first kappa shape index (κ1) is 14.6. The van der Waals surface area contributed by atoms with Crippen LogP contribution in [0.25, 0.3) is 11.0 Å². The summed E-state index contributed by atoms with van der Waals surface area (Å²) in [6, 6.07) is 14.4. The molecule has 120 valence electrons. The molecule has 1 aliphatic rings. The van der Waals surface area contributed by atoms with Gasteiger partial charge in [-0.3, -0.25) is 0 Å². The lowest BCUT2D eigenvalue weighted by molar-refractivity contribution is 0.600. The summed E-state index contributed by atoms with van der Waals surface area (Å²) in [6.45, 7) is 2.26. The highest BCUT2D eigenvalue weighted by atomic mass is 15.2. The molecule has 1 aliphatic heterocycles. The Bertz CT molecular complexity index is 950. The second-order valence-electron chi connectivity index (χ2n) is 6.36. The number of hydrogen-bond acceptors (Lipinski definition) is 4. The van der Waals surface area contributed by atoms with E-state index in [2.05, 4.69) is 47.4 Å². The molecule has 3 aromatic rings. The third-order valence-corrected chi connectivity index (χ3v) is 4.84. The molecule has 2 heterocycles. The number of imidazole rings is 1. The fraction of sp³-hybridized carbons (Fsp3) is 0.263. The molecule has 0 spiro atoms. The largest absolute Gasteiger partial charge is 0.372 e. The molecule has 0 fully saturated rings. The molecule has 5 nitrogen and oxygen atoms in total. The first-order valence-corrected chi connectivity index (χ1v) is 8.17. The zero-order chi connectivity index (χ0) is 16.7. The van der Waals surface area contributed by atoms with Gasteiger partial charge in [0.1, 0.15) is 0 Å². The average molecular weight is 317 g/mol. The van der Waals surface area contributed by atoms with Crippen molar-refractivity contribution in [2.75, 3.05) is 17.3 Å². The van der Waals surface area contributed by atoms with E-state index in [1.807, 2.05) is 18.2 Å². The van der Waals surface area contributed by atoms with Gasteiger partial charge in [0.05, 0.1) is 22.7 Å². The van der Waals surface area contributed by atoms with Gasteiger partial charge in [-0.2, -0.15) is 5.26 Å². The summed E-state index contributed by atoms with van der Waals surface area (Å²) in [5.74, 6) is 0.703. The molecular weight excluding hydrogens is 298 g/mol. The minimum atomic E-state index is 0.556. The SMILES string of the molecule is CC1CCc2c(ccc3[nH]c(Nc4cccc(C#N)c4)nc23)N1C. The quantitative estimate of drug-likeness (QED) is 0.751. The zero-order valence-electron chi connectivity index (χ0n) is 13.8. The van der Waals surface area contributed by atoms with Crippen molar-refractivity contribution >= 4 is 28.4 Å². The number of aromatic amines is 1. The molecule has 24 heavy (non-hydrogen) atoms. The van der Waals surface area contributed by atoms with Gasteiger partial charge in [-0.15, -0.1) is 0 Å². The molecule has 4 rings (SSSR count). The molecule has 0 saturated heterocycles. The number of hydrogen-bond donors (Lipinski definition) is 2. The van der Waals surface area contributed by atoms with Crippen molar-refractivity contribution in [2.45, 2.75) is 25.8 Å². The molecule has 0 radical (unpaired) electrons. The van der Waals surface area contributed by atoms with Crippen LogP contribution in [0, 0.1) is 11.3 Å². The second kappa shape index (κ2) is 5.57. The maximum Gasteiger partial charge on any atom is 0.205 e. The van der Waals surface area contributed by atoms with Crippen LogP contribution in [-0.2, 0) is 6.42 Å². The third-order valence-electron chi connectivity index (χ3n) is 4.84. The number of benzene rings is 2. The highest BCUT2D eigenvalue weighted by molar-refractivity contribution is 5.87. The van der Waals surface area contributed by atoms with Crippen molar-refractivity contribution in [3.8, 4) is 6.07 Å². The molecule has 1 atom stereocenters. The monoisotopic (exact) mass is 317 g/mol. The van der Waals surface area contributed by atoms with Crippen LogP contribution in [0.15, 0.2) is 36.4 Å². The highest BCUT2D eigenvalue weighted by Crippen LogP contribution is 2.34. The highest BCUT2D eigenvalue weighted by Gasteiger charge is 2.23. The topological polar surface area (TPSA) is 67.7 Å². The van der Waals surface area contributed by atoms with E-state index in [4.69, 9.17) is 10.2 Å². The van der Waals surface area contributed by atoms with E-state index in [1.165, 1.54) is 11.3 Å². The van der Waals surface area contributed by atoms with Crippen LogP contribution < -0.4 is 10.2 Å². The van der Waals surface area contributed by atoms with Gasteiger partial charge in [0.25, 0.3) is 0 Å². The van der Waals surface area contributed by atoms with E-state index in [-0.39, 0.29) is 0 Å². The standard InChI is InChI=1S/C19H19N5/c1-12-6-7-15-17(24(12)2)9-8-16-18(15)23-19(22-16)21-14-5-3-4-13(10-14)11-20/h3-5,8-10,12H,6-7H2,1-2H3,(H2,21,22,23). The van der Waals surface area contributed by atoms with Gasteiger partial charge in [-0.25, -0.2) is 4.98 Å². The molecular formula is C19H19N5. The fourth-order valence-corrected chi connectivity index (χ4v) is 3.35. The lowest BCUT2D eigenvalue weighted by Gasteiger charge is -2.33.